The minimum Gasteiger partial charge on any atom is -0.293 e. The van der Waals surface area contributed by atoms with Crippen molar-refractivity contribution in [1.82, 2.24) is 9.97 Å². The quantitative estimate of drug-likeness (QED) is 0.367. The zero-order valence-corrected chi connectivity index (χ0v) is 11.9. The van der Waals surface area contributed by atoms with Crippen LogP contribution in [0.4, 0.5) is 5.69 Å². The molecule has 20 heavy (non-hydrogen) atoms. The molecule has 0 amide bonds. The van der Waals surface area contributed by atoms with E-state index in [2.05, 4.69) is 14.7 Å². The van der Waals surface area contributed by atoms with E-state index >= 15 is 0 Å². The number of Topliss-reactive ketones (excluding diaryl/α,β-unsaturated/α-hetero) is 1. The molecule has 0 bridgehead atoms. The Morgan fingerprint density at radius 1 is 1.30 bits per heavy atom. The molecule has 1 aromatic carbocycles. The fraction of sp³-hybridized carbons (Fsp3) is 0.0833. The lowest BCUT2D eigenvalue weighted by Crippen LogP contribution is -2.06. The van der Waals surface area contributed by atoms with E-state index < -0.39 is 11.3 Å². The van der Waals surface area contributed by atoms with E-state index in [-0.39, 0.29) is 11.5 Å². The van der Waals surface area contributed by atoms with Gasteiger partial charge in [0.05, 0.1) is 5.75 Å². The van der Waals surface area contributed by atoms with Gasteiger partial charge in [0, 0.05) is 23.6 Å². The molecule has 1 heterocycles. The zero-order chi connectivity index (χ0) is 14.4. The molecule has 104 valence electrons. The van der Waals surface area contributed by atoms with Gasteiger partial charge in [-0.1, -0.05) is 23.9 Å². The highest BCUT2D eigenvalue weighted by Crippen LogP contribution is 2.16. The van der Waals surface area contributed by atoms with Crippen LogP contribution >= 0.6 is 11.8 Å². The maximum Gasteiger partial charge on any atom is 0.259 e. The first kappa shape index (κ1) is 14.6. The van der Waals surface area contributed by atoms with Gasteiger partial charge >= 0.3 is 0 Å². The van der Waals surface area contributed by atoms with E-state index in [9.17, 15) is 9.00 Å². The summed E-state index contributed by atoms with van der Waals surface area (Å²) in [4.78, 5) is 20.0. The SMILES string of the molecule is O=C(CSc1ncccn1)c1cccc(NS(=O)O)c1. The summed E-state index contributed by atoms with van der Waals surface area (Å²) in [6.45, 7) is 0. The van der Waals surface area contributed by atoms with Crippen molar-refractivity contribution in [3.05, 3.63) is 48.3 Å². The van der Waals surface area contributed by atoms with Crippen LogP contribution in [-0.2, 0) is 11.3 Å². The van der Waals surface area contributed by atoms with Crippen molar-refractivity contribution in [3.63, 3.8) is 0 Å². The summed E-state index contributed by atoms with van der Waals surface area (Å²) in [5.74, 6) is 0.102. The molecule has 0 aliphatic carbocycles. The Kier molecular flexibility index (Phi) is 5.22. The number of hydrogen-bond acceptors (Lipinski definition) is 5. The number of benzene rings is 1. The van der Waals surface area contributed by atoms with Gasteiger partial charge in [-0.05, 0) is 18.2 Å². The Balaban J connectivity index is 2.00. The lowest BCUT2D eigenvalue weighted by atomic mass is 10.1. The van der Waals surface area contributed by atoms with Gasteiger partial charge in [0.15, 0.2) is 10.9 Å². The Labute approximate surface area is 122 Å². The second kappa shape index (κ2) is 7.13. The van der Waals surface area contributed by atoms with Crippen LogP contribution in [0.3, 0.4) is 0 Å². The molecular formula is C12H11N3O3S2. The van der Waals surface area contributed by atoms with E-state index in [4.69, 9.17) is 4.55 Å². The molecule has 0 aliphatic rings. The summed E-state index contributed by atoms with van der Waals surface area (Å²) in [5, 5.41) is 0.534. The Morgan fingerprint density at radius 3 is 2.75 bits per heavy atom. The third kappa shape index (κ3) is 4.41. The molecule has 0 saturated heterocycles. The van der Waals surface area contributed by atoms with Gasteiger partial charge < -0.3 is 0 Å². The molecule has 6 nitrogen and oxygen atoms in total. The van der Waals surface area contributed by atoms with E-state index in [1.54, 1.807) is 36.7 Å². The molecule has 2 aromatic rings. The molecule has 8 heteroatoms. The minimum absolute atomic E-state index is 0.102. The summed E-state index contributed by atoms with van der Waals surface area (Å²) in [7, 11) is 0. The third-order valence-electron chi connectivity index (χ3n) is 2.26. The average Bonchev–Trinajstić information content (AvgIpc) is 2.45. The van der Waals surface area contributed by atoms with Crippen LogP contribution in [0.25, 0.3) is 0 Å². The summed E-state index contributed by atoms with van der Waals surface area (Å²) in [6, 6.07) is 8.14. The van der Waals surface area contributed by atoms with Gasteiger partial charge in [0.1, 0.15) is 0 Å². The number of rotatable bonds is 6. The molecule has 1 unspecified atom stereocenters. The van der Waals surface area contributed by atoms with Crippen LogP contribution < -0.4 is 4.72 Å². The van der Waals surface area contributed by atoms with E-state index in [0.29, 0.717) is 16.4 Å². The molecule has 1 atom stereocenters. The fourth-order valence-electron chi connectivity index (χ4n) is 1.43. The number of carbonyl (C=O) groups is 1. The predicted molar refractivity (Wildman–Crippen MR) is 77.9 cm³/mol. The Morgan fingerprint density at radius 2 is 2.05 bits per heavy atom. The Bertz CT molecular complexity index is 622. The van der Waals surface area contributed by atoms with Crippen LogP contribution in [0.2, 0.25) is 0 Å². The highest BCUT2D eigenvalue weighted by atomic mass is 32.2. The van der Waals surface area contributed by atoms with Gasteiger partial charge in [0.2, 0.25) is 0 Å². The predicted octanol–water partition coefficient (Wildman–Crippen LogP) is 2.00. The maximum atomic E-state index is 12.0. The van der Waals surface area contributed by atoms with Crippen LogP contribution in [0, 0.1) is 0 Å². The largest absolute Gasteiger partial charge is 0.293 e. The number of nitrogens with zero attached hydrogens (tertiary/aromatic N) is 2. The molecular weight excluding hydrogens is 298 g/mol. The number of carbonyl (C=O) groups excluding carboxylic acids is 1. The van der Waals surface area contributed by atoms with Crippen molar-refractivity contribution >= 4 is 34.5 Å². The molecule has 0 fully saturated rings. The van der Waals surface area contributed by atoms with E-state index in [1.165, 1.54) is 17.8 Å². The van der Waals surface area contributed by atoms with Crippen molar-refractivity contribution in [1.29, 1.82) is 0 Å². The first-order valence-corrected chi connectivity index (χ1v) is 7.65. The number of nitrogens with one attached hydrogen (secondary N) is 1. The molecule has 1 aromatic heterocycles. The van der Waals surface area contributed by atoms with Gasteiger partial charge in [-0.25, -0.2) is 14.2 Å². The first-order valence-electron chi connectivity index (χ1n) is 5.56. The molecule has 2 N–H and O–H groups in total. The molecule has 0 spiro atoms. The molecule has 0 aliphatic heterocycles. The van der Waals surface area contributed by atoms with Crippen molar-refractivity contribution < 1.29 is 13.6 Å². The van der Waals surface area contributed by atoms with Crippen molar-refractivity contribution in [3.8, 4) is 0 Å². The van der Waals surface area contributed by atoms with Gasteiger partial charge in [-0.2, -0.15) is 0 Å². The van der Waals surface area contributed by atoms with Crippen molar-refractivity contribution in [2.75, 3.05) is 10.5 Å². The highest BCUT2D eigenvalue weighted by Gasteiger charge is 2.09. The minimum atomic E-state index is -2.16. The average molecular weight is 309 g/mol. The van der Waals surface area contributed by atoms with Gasteiger partial charge in [-0.3, -0.25) is 14.1 Å². The van der Waals surface area contributed by atoms with Crippen molar-refractivity contribution in [2.45, 2.75) is 5.16 Å². The monoisotopic (exact) mass is 309 g/mol. The second-order valence-electron chi connectivity index (χ2n) is 3.68. The molecule has 2 rings (SSSR count). The number of hydrogen-bond donors (Lipinski definition) is 2. The fourth-order valence-corrected chi connectivity index (χ4v) is 2.46. The smallest absolute Gasteiger partial charge is 0.259 e. The van der Waals surface area contributed by atoms with Crippen LogP contribution in [0.1, 0.15) is 10.4 Å². The number of thioether (sulfide) groups is 1. The molecule has 0 saturated carbocycles. The summed E-state index contributed by atoms with van der Waals surface area (Å²) in [6.07, 6.45) is 3.22. The summed E-state index contributed by atoms with van der Waals surface area (Å²) >= 11 is -0.916. The summed E-state index contributed by atoms with van der Waals surface area (Å²) < 4.78 is 21.7. The zero-order valence-electron chi connectivity index (χ0n) is 10.2. The van der Waals surface area contributed by atoms with Crippen LogP contribution in [0.15, 0.2) is 47.9 Å². The van der Waals surface area contributed by atoms with Gasteiger partial charge in [0.25, 0.3) is 11.3 Å². The lowest BCUT2D eigenvalue weighted by Gasteiger charge is -2.04. The normalized spacial score (nSPS) is 11.8. The highest BCUT2D eigenvalue weighted by molar-refractivity contribution is 7.99. The standard InChI is InChI=1S/C12H11N3O3S2/c16-11(8-19-12-13-5-2-6-14-12)9-3-1-4-10(7-9)15-20(17)18/h1-7,15H,8H2,(H,17,18). The first-order chi connectivity index (χ1) is 9.65. The third-order valence-corrected chi connectivity index (χ3v) is 3.55. The topological polar surface area (TPSA) is 92.2 Å². The Hall–Kier alpha value is -1.77. The maximum absolute atomic E-state index is 12.0. The van der Waals surface area contributed by atoms with Crippen LogP contribution in [-0.4, -0.2) is 30.3 Å². The van der Waals surface area contributed by atoms with E-state index in [1.807, 2.05) is 0 Å². The number of aromatic nitrogens is 2. The van der Waals surface area contributed by atoms with Crippen LogP contribution in [0.5, 0.6) is 0 Å². The number of anilines is 1. The molecule has 0 radical (unpaired) electrons. The summed E-state index contributed by atoms with van der Waals surface area (Å²) in [5.41, 5.74) is 0.876. The second-order valence-corrected chi connectivity index (χ2v) is 5.32. The number of ketones is 1. The van der Waals surface area contributed by atoms with Crippen molar-refractivity contribution in [2.24, 2.45) is 0 Å². The lowest BCUT2D eigenvalue weighted by molar-refractivity contribution is 0.102. The van der Waals surface area contributed by atoms with Gasteiger partial charge in [-0.15, -0.1) is 0 Å². The van der Waals surface area contributed by atoms with E-state index in [0.717, 1.165) is 0 Å².